The number of aliphatic carboxylic acids is 1. The summed E-state index contributed by atoms with van der Waals surface area (Å²) in [6.07, 6.45) is 3.85. The van der Waals surface area contributed by atoms with Gasteiger partial charge in [0.05, 0.1) is 0 Å². The van der Waals surface area contributed by atoms with Crippen LogP contribution in [-0.4, -0.2) is 23.7 Å². The first-order valence-corrected chi connectivity index (χ1v) is 8.17. The van der Waals surface area contributed by atoms with Gasteiger partial charge >= 0.3 is 5.97 Å². The molecule has 0 radical (unpaired) electrons. The minimum atomic E-state index is -0.764. The van der Waals surface area contributed by atoms with Gasteiger partial charge in [0.1, 0.15) is 6.04 Å². The summed E-state index contributed by atoms with van der Waals surface area (Å²) in [5.41, 5.74) is 3.85. The van der Waals surface area contributed by atoms with Gasteiger partial charge in [-0.2, -0.15) is 0 Å². The van der Waals surface area contributed by atoms with Crippen LogP contribution in [0.2, 0.25) is 0 Å². The van der Waals surface area contributed by atoms with Crippen molar-refractivity contribution < 1.29 is 9.90 Å². The molecule has 0 bridgehead atoms. The molecule has 0 aliphatic carbocycles. The third-order valence-electron chi connectivity index (χ3n) is 4.15. The number of aryl methyl sites for hydroxylation is 1. The zero-order valence-corrected chi connectivity index (χ0v) is 13.9. The predicted molar refractivity (Wildman–Crippen MR) is 90.2 cm³/mol. The van der Waals surface area contributed by atoms with Gasteiger partial charge in [0.2, 0.25) is 0 Å². The monoisotopic (exact) mass is 304 g/mol. The van der Waals surface area contributed by atoms with Crippen molar-refractivity contribution in [3.63, 3.8) is 0 Å². The summed E-state index contributed by atoms with van der Waals surface area (Å²) in [5, 5.41) is 16.0. The van der Waals surface area contributed by atoms with Gasteiger partial charge in [-0.25, -0.2) is 0 Å². The maximum absolute atomic E-state index is 11.4. The van der Waals surface area contributed by atoms with E-state index in [1.54, 1.807) is 0 Å². The molecular weight excluding hydrogens is 276 g/mol. The smallest absolute Gasteiger partial charge is 0.320 e. The number of rotatable bonds is 6. The molecule has 0 unspecified atom stereocenters. The van der Waals surface area contributed by atoms with Crippen molar-refractivity contribution in [2.75, 3.05) is 11.9 Å². The van der Waals surface area contributed by atoms with Crippen LogP contribution in [-0.2, 0) is 17.8 Å². The molecule has 0 fully saturated rings. The van der Waals surface area contributed by atoms with Crippen LogP contribution in [0.3, 0.4) is 0 Å². The van der Waals surface area contributed by atoms with Gasteiger partial charge in [-0.3, -0.25) is 4.79 Å². The van der Waals surface area contributed by atoms with Gasteiger partial charge < -0.3 is 15.7 Å². The zero-order valence-electron chi connectivity index (χ0n) is 13.9. The minimum Gasteiger partial charge on any atom is -0.480 e. The van der Waals surface area contributed by atoms with Crippen LogP contribution >= 0.6 is 0 Å². The Balaban J connectivity index is 1.93. The Kier molecular flexibility index (Phi) is 5.46. The van der Waals surface area contributed by atoms with Gasteiger partial charge in [0.25, 0.3) is 0 Å². The van der Waals surface area contributed by atoms with Crippen LogP contribution in [0, 0.1) is 5.41 Å². The third-order valence-corrected chi connectivity index (χ3v) is 4.15. The molecule has 1 aliphatic heterocycles. The molecule has 1 aliphatic rings. The molecule has 4 heteroatoms. The number of benzene rings is 1. The molecule has 2 rings (SSSR count). The lowest BCUT2D eigenvalue weighted by atomic mass is 9.88. The summed E-state index contributed by atoms with van der Waals surface area (Å²) >= 11 is 0. The van der Waals surface area contributed by atoms with Gasteiger partial charge in [-0.05, 0) is 48.3 Å². The Hall–Kier alpha value is -1.55. The molecule has 1 aromatic carbocycles. The molecule has 0 spiro atoms. The summed E-state index contributed by atoms with van der Waals surface area (Å²) in [5.74, 6) is -0.764. The van der Waals surface area contributed by atoms with E-state index in [0.717, 1.165) is 24.9 Å². The maximum atomic E-state index is 11.4. The number of carboxylic acid groups (broad SMARTS) is 1. The molecule has 0 saturated heterocycles. The molecule has 4 nitrogen and oxygen atoms in total. The summed E-state index contributed by atoms with van der Waals surface area (Å²) in [6.45, 7) is 8.03. The van der Waals surface area contributed by atoms with E-state index in [1.165, 1.54) is 17.7 Å². The van der Waals surface area contributed by atoms with E-state index in [1.807, 2.05) is 0 Å². The van der Waals surface area contributed by atoms with E-state index in [0.29, 0.717) is 13.0 Å². The summed E-state index contributed by atoms with van der Waals surface area (Å²) < 4.78 is 0. The fourth-order valence-corrected chi connectivity index (χ4v) is 2.75. The Bertz CT molecular complexity index is 520. The molecule has 0 aromatic heterocycles. The molecule has 3 N–H and O–H groups in total. The first kappa shape index (κ1) is 16.8. The Morgan fingerprint density at radius 3 is 2.86 bits per heavy atom. The van der Waals surface area contributed by atoms with Crippen molar-refractivity contribution in [1.29, 1.82) is 0 Å². The van der Waals surface area contributed by atoms with Crippen molar-refractivity contribution in [3.05, 3.63) is 29.3 Å². The van der Waals surface area contributed by atoms with Crippen molar-refractivity contribution in [1.82, 2.24) is 5.32 Å². The van der Waals surface area contributed by atoms with Crippen molar-refractivity contribution in [2.24, 2.45) is 5.41 Å². The number of carboxylic acids is 1. The predicted octanol–water partition coefficient (Wildman–Crippen LogP) is 3.41. The number of fused-ring (bicyclic) bond motifs is 1. The van der Waals surface area contributed by atoms with E-state index >= 15 is 0 Å². The van der Waals surface area contributed by atoms with E-state index in [9.17, 15) is 9.90 Å². The molecule has 0 saturated carbocycles. The largest absolute Gasteiger partial charge is 0.480 e. The van der Waals surface area contributed by atoms with E-state index in [4.69, 9.17) is 0 Å². The fourth-order valence-electron chi connectivity index (χ4n) is 2.75. The average Bonchev–Trinajstić information content (AvgIpc) is 2.45. The van der Waals surface area contributed by atoms with Crippen LogP contribution in [0.25, 0.3) is 0 Å². The van der Waals surface area contributed by atoms with Crippen LogP contribution in [0.1, 0.15) is 51.2 Å². The van der Waals surface area contributed by atoms with E-state index < -0.39 is 12.0 Å². The number of anilines is 1. The second-order valence-corrected chi connectivity index (χ2v) is 7.39. The molecule has 1 heterocycles. The minimum absolute atomic E-state index is 0.158. The van der Waals surface area contributed by atoms with Crippen LogP contribution in [0.5, 0.6) is 0 Å². The van der Waals surface area contributed by atoms with Gasteiger partial charge in [0, 0.05) is 18.8 Å². The quantitative estimate of drug-likeness (QED) is 0.753. The standard InChI is InChI=1S/C18H28N2O2/c1-18(2,3)9-8-15(17(21)22)20-12-13-6-7-14-5-4-10-19-16(14)11-13/h6-7,11,15,19-20H,4-5,8-10,12H2,1-3H3,(H,21,22)/t15-/m0/s1. The lowest BCUT2D eigenvalue weighted by Crippen LogP contribution is -2.37. The molecule has 122 valence electrons. The zero-order chi connectivity index (χ0) is 16.2. The highest BCUT2D eigenvalue weighted by Gasteiger charge is 2.20. The highest BCUT2D eigenvalue weighted by atomic mass is 16.4. The fraction of sp³-hybridized carbons (Fsp3) is 0.611. The Morgan fingerprint density at radius 2 is 2.18 bits per heavy atom. The second kappa shape index (κ2) is 7.14. The van der Waals surface area contributed by atoms with Gasteiger partial charge in [-0.1, -0.05) is 32.9 Å². The van der Waals surface area contributed by atoms with Gasteiger partial charge in [0.15, 0.2) is 0 Å². The molecule has 22 heavy (non-hydrogen) atoms. The summed E-state index contributed by atoms with van der Waals surface area (Å²) in [7, 11) is 0. The number of hydrogen-bond acceptors (Lipinski definition) is 3. The Morgan fingerprint density at radius 1 is 1.41 bits per heavy atom. The highest BCUT2D eigenvalue weighted by Crippen LogP contribution is 2.24. The average molecular weight is 304 g/mol. The Labute approximate surface area is 133 Å². The number of carbonyl (C=O) groups is 1. The summed E-state index contributed by atoms with van der Waals surface area (Å²) in [4.78, 5) is 11.4. The van der Waals surface area contributed by atoms with Gasteiger partial charge in [-0.15, -0.1) is 0 Å². The van der Waals surface area contributed by atoms with Crippen LogP contribution in [0.15, 0.2) is 18.2 Å². The van der Waals surface area contributed by atoms with Crippen LogP contribution in [0.4, 0.5) is 5.69 Å². The topological polar surface area (TPSA) is 61.4 Å². The van der Waals surface area contributed by atoms with Crippen molar-refractivity contribution >= 4 is 11.7 Å². The van der Waals surface area contributed by atoms with E-state index in [-0.39, 0.29) is 5.41 Å². The third kappa shape index (κ3) is 5.02. The van der Waals surface area contributed by atoms with Crippen molar-refractivity contribution in [3.8, 4) is 0 Å². The van der Waals surface area contributed by atoms with Crippen molar-refractivity contribution in [2.45, 2.75) is 59.0 Å². The number of hydrogen-bond donors (Lipinski definition) is 3. The SMILES string of the molecule is CC(C)(C)CC[C@H](NCc1ccc2c(c1)NCCC2)C(=O)O. The van der Waals surface area contributed by atoms with E-state index in [2.05, 4.69) is 49.6 Å². The molecule has 0 amide bonds. The second-order valence-electron chi connectivity index (χ2n) is 7.39. The molecular formula is C18H28N2O2. The molecule has 1 aromatic rings. The highest BCUT2D eigenvalue weighted by molar-refractivity contribution is 5.73. The first-order chi connectivity index (χ1) is 10.3. The normalized spacial score (nSPS) is 15.8. The maximum Gasteiger partial charge on any atom is 0.320 e. The number of nitrogens with one attached hydrogen (secondary N) is 2. The first-order valence-electron chi connectivity index (χ1n) is 8.17. The lowest BCUT2D eigenvalue weighted by molar-refractivity contribution is -0.139. The lowest BCUT2D eigenvalue weighted by Gasteiger charge is -2.22. The summed E-state index contributed by atoms with van der Waals surface area (Å²) in [6, 6.07) is 5.91. The molecule has 1 atom stereocenters. The van der Waals surface area contributed by atoms with Crippen LogP contribution < -0.4 is 10.6 Å².